The molecule has 2 atom stereocenters. The van der Waals surface area contributed by atoms with Crippen LogP contribution in [0.2, 0.25) is 0 Å². The first kappa shape index (κ1) is 23.6. The van der Waals surface area contributed by atoms with Crippen LogP contribution >= 0.6 is 0 Å². The molecule has 8 nitrogen and oxygen atoms in total. The number of carbonyl (C=O) groups is 3. The molecule has 8 heteroatoms. The molecule has 0 aliphatic carbocycles. The number of rotatable bonds is 4. The largest absolute Gasteiger partial charge is 0.379 e. The van der Waals surface area contributed by atoms with E-state index in [-0.39, 0.29) is 12.6 Å². The summed E-state index contributed by atoms with van der Waals surface area (Å²) in [7, 11) is 0. The second-order valence-corrected chi connectivity index (χ2v) is 7.69. The van der Waals surface area contributed by atoms with Crippen molar-refractivity contribution in [3.8, 4) is 0 Å². The first-order valence-corrected chi connectivity index (χ1v) is 10.8. The number of benzene rings is 1. The highest BCUT2D eigenvalue weighted by atomic mass is 16.5. The number of hydrogen-bond acceptors (Lipinski definition) is 6. The number of ether oxygens (including phenoxy) is 2. The first-order valence-electron chi connectivity index (χ1n) is 10.8. The van der Waals surface area contributed by atoms with Crippen LogP contribution in [0, 0.1) is 0 Å². The molecule has 1 aliphatic heterocycles. The van der Waals surface area contributed by atoms with E-state index >= 15 is 0 Å². The van der Waals surface area contributed by atoms with E-state index in [2.05, 4.69) is 15.6 Å². The van der Waals surface area contributed by atoms with Gasteiger partial charge in [-0.3, -0.25) is 19.4 Å². The summed E-state index contributed by atoms with van der Waals surface area (Å²) in [5, 5.41) is 5.47. The lowest BCUT2D eigenvalue weighted by atomic mass is 10.0. The molecule has 1 aliphatic rings. The molecule has 0 saturated carbocycles. The van der Waals surface area contributed by atoms with Crippen LogP contribution in [0.25, 0.3) is 0 Å². The predicted octanol–water partition coefficient (Wildman–Crippen LogP) is 2.34. The fraction of sp³-hybridized carbons (Fsp3) is 0.417. The summed E-state index contributed by atoms with van der Waals surface area (Å²) in [6, 6.07) is 9.34. The molecule has 1 aromatic heterocycles. The molecule has 2 aromatic rings. The van der Waals surface area contributed by atoms with Crippen LogP contribution in [-0.4, -0.2) is 48.4 Å². The lowest BCUT2D eigenvalue weighted by Gasteiger charge is -2.20. The minimum absolute atomic E-state index is 0.259. The molecule has 1 aromatic carbocycles. The maximum atomic E-state index is 13.0. The summed E-state index contributed by atoms with van der Waals surface area (Å²) >= 11 is 0. The van der Waals surface area contributed by atoms with Gasteiger partial charge < -0.3 is 20.1 Å². The van der Waals surface area contributed by atoms with Gasteiger partial charge in [-0.05, 0) is 49.4 Å². The Morgan fingerprint density at radius 3 is 2.72 bits per heavy atom. The minimum Gasteiger partial charge on any atom is -0.379 e. The van der Waals surface area contributed by atoms with E-state index in [1.54, 1.807) is 43.6 Å². The molecule has 0 fully saturated rings. The number of fused-ring (bicyclic) bond motifs is 1. The van der Waals surface area contributed by atoms with Crippen LogP contribution < -0.4 is 10.6 Å². The van der Waals surface area contributed by atoms with Gasteiger partial charge in [0, 0.05) is 24.6 Å². The van der Waals surface area contributed by atoms with Gasteiger partial charge in [0.2, 0.25) is 5.78 Å². The van der Waals surface area contributed by atoms with E-state index in [1.807, 2.05) is 12.1 Å². The predicted molar refractivity (Wildman–Crippen MR) is 118 cm³/mol. The Morgan fingerprint density at radius 1 is 1.09 bits per heavy atom. The number of pyridine rings is 1. The molecule has 32 heavy (non-hydrogen) atoms. The number of aromatic nitrogens is 1. The summed E-state index contributed by atoms with van der Waals surface area (Å²) in [4.78, 5) is 42.7. The van der Waals surface area contributed by atoms with Crippen molar-refractivity contribution >= 4 is 17.6 Å². The number of carbonyl (C=O) groups excluding carboxylic acids is 3. The number of ketones is 1. The Kier molecular flexibility index (Phi) is 8.89. The summed E-state index contributed by atoms with van der Waals surface area (Å²) in [5.74, 6) is -1.81. The van der Waals surface area contributed by atoms with Crippen LogP contribution in [0.15, 0.2) is 48.8 Å². The topological polar surface area (TPSA) is 107 Å². The second kappa shape index (κ2) is 12.1. The van der Waals surface area contributed by atoms with E-state index in [1.165, 1.54) is 0 Å². The lowest BCUT2D eigenvalue weighted by molar-refractivity contribution is -0.139. The first-order chi connectivity index (χ1) is 15.6. The van der Waals surface area contributed by atoms with Gasteiger partial charge >= 0.3 is 0 Å². The van der Waals surface area contributed by atoms with Crippen molar-refractivity contribution in [1.29, 1.82) is 0 Å². The summed E-state index contributed by atoms with van der Waals surface area (Å²) < 4.78 is 11.2. The number of hydrogen-bond donors (Lipinski definition) is 2. The maximum absolute atomic E-state index is 13.0. The third-order valence-corrected chi connectivity index (χ3v) is 5.30. The molecular formula is C24H29N3O5. The van der Waals surface area contributed by atoms with Gasteiger partial charge in [0.25, 0.3) is 11.8 Å². The van der Waals surface area contributed by atoms with Crippen molar-refractivity contribution in [3.05, 3.63) is 65.5 Å². The lowest BCUT2D eigenvalue weighted by Crippen LogP contribution is -2.48. The van der Waals surface area contributed by atoms with E-state index in [4.69, 9.17) is 9.47 Å². The van der Waals surface area contributed by atoms with Crippen LogP contribution in [0.4, 0.5) is 0 Å². The normalized spacial score (nSPS) is 19.0. The van der Waals surface area contributed by atoms with Crippen LogP contribution in [0.1, 0.15) is 53.7 Å². The van der Waals surface area contributed by atoms with Gasteiger partial charge in [-0.25, -0.2) is 0 Å². The summed E-state index contributed by atoms with van der Waals surface area (Å²) in [6.07, 6.45) is 4.97. The van der Waals surface area contributed by atoms with Gasteiger partial charge in [0.05, 0.1) is 31.9 Å². The molecule has 3 rings (SSSR count). The Labute approximate surface area is 187 Å². The highest BCUT2D eigenvalue weighted by molar-refractivity contribution is 6.38. The molecule has 170 valence electrons. The third kappa shape index (κ3) is 6.70. The smallest absolute Gasteiger partial charge is 0.290 e. The molecule has 0 spiro atoms. The van der Waals surface area contributed by atoms with Crippen molar-refractivity contribution in [3.63, 3.8) is 0 Å². The number of amides is 2. The average Bonchev–Trinajstić information content (AvgIpc) is 2.82. The second-order valence-electron chi connectivity index (χ2n) is 7.69. The van der Waals surface area contributed by atoms with Crippen LogP contribution in [0.3, 0.4) is 0 Å². The Bertz CT molecular complexity index is 919. The fourth-order valence-corrected chi connectivity index (χ4v) is 3.47. The zero-order chi connectivity index (χ0) is 22.8. The van der Waals surface area contributed by atoms with E-state index in [0.29, 0.717) is 50.2 Å². The average molecular weight is 440 g/mol. The van der Waals surface area contributed by atoms with Gasteiger partial charge in [0.15, 0.2) is 0 Å². The molecular weight excluding hydrogens is 410 g/mol. The highest BCUT2D eigenvalue weighted by Gasteiger charge is 2.28. The van der Waals surface area contributed by atoms with Gasteiger partial charge in [-0.2, -0.15) is 0 Å². The summed E-state index contributed by atoms with van der Waals surface area (Å²) in [5.41, 5.74) is 1.92. The number of nitrogens with one attached hydrogen (secondary N) is 2. The monoisotopic (exact) mass is 439 g/mol. The minimum atomic E-state index is -0.930. The van der Waals surface area contributed by atoms with Gasteiger partial charge in [-0.15, -0.1) is 0 Å². The quantitative estimate of drug-likeness (QED) is 0.709. The number of nitrogens with zero attached hydrogens (tertiary/aromatic N) is 1. The van der Waals surface area contributed by atoms with Crippen molar-refractivity contribution in [2.75, 3.05) is 19.8 Å². The van der Waals surface area contributed by atoms with Crippen LogP contribution in [-0.2, 0) is 25.7 Å². The molecule has 0 bridgehead atoms. The standard InChI is InChI=1S/C24H29N3O5/c1-17(18-8-6-11-25-15-18)26-24(30)22(28)21-10-4-5-12-31-13-14-32-16-19-7-2-3-9-20(19)23(29)27-21/h2-3,6-9,11,15,17,21H,4-5,10,12-14,16H2,1H3,(H,26,30)(H,27,29)/t17-,21?/m1/s1. The van der Waals surface area contributed by atoms with Crippen molar-refractivity contribution in [2.45, 2.75) is 44.9 Å². The van der Waals surface area contributed by atoms with E-state index < -0.39 is 23.6 Å². The molecule has 1 unspecified atom stereocenters. The van der Waals surface area contributed by atoms with Crippen molar-refractivity contribution in [1.82, 2.24) is 15.6 Å². The van der Waals surface area contributed by atoms with Gasteiger partial charge in [-0.1, -0.05) is 24.3 Å². The van der Waals surface area contributed by atoms with Crippen molar-refractivity contribution < 1.29 is 23.9 Å². The Balaban J connectivity index is 1.73. The highest BCUT2D eigenvalue weighted by Crippen LogP contribution is 2.14. The molecule has 2 amide bonds. The SMILES string of the molecule is C[C@@H](NC(=O)C(=O)C1CCCCOCCOCc2ccccc2C(=O)N1)c1cccnc1. The van der Waals surface area contributed by atoms with E-state index in [0.717, 1.165) is 5.56 Å². The molecule has 0 radical (unpaired) electrons. The molecule has 0 saturated heterocycles. The maximum Gasteiger partial charge on any atom is 0.290 e. The Hall–Kier alpha value is -3.10. The van der Waals surface area contributed by atoms with Crippen LogP contribution in [0.5, 0.6) is 0 Å². The zero-order valence-electron chi connectivity index (χ0n) is 18.2. The summed E-state index contributed by atoms with van der Waals surface area (Å²) in [6.45, 7) is 3.47. The van der Waals surface area contributed by atoms with Gasteiger partial charge in [0.1, 0.15) is 0 Å². The van der Waals surface area contributed by atoms with E-state index in [9.17, 15) is 14.4 Å². The fourth-order valence-electron chi connectivity index (χ4n) is 3.47. The molecule has 2 N–H and O–H groups in total. The Morgan fingerprint density at radius 2 is 1.91 bits per heavy atom. The third-order valence-electron chi connectivity index (χ3n) is 5.30. The molecule has 2 heterocycles. The van der Waals surface area contributed by atoms with Crippen molar-refractivity contribution in [2.24, 2.45) is 0 Å². The number of Topliss-reactive ketones (excluding diaryl/α,β-unsaturated/α-hetero) is 1. The zero-order valence-corrected chi connectivity index (χ0v) is 18.2.